The molecule has 1 fully saturated rings. The number of aliphatic imine (C=N–C) groups is 1. The van der Waals surface area contributed by atoms with Crippen LogP contribution in [0.25, 0.3) is 0 Å². The summed E-state index contributed by atoms with van der Waals surface area (Å²) in [5, 5.41) is 0. The smallest absolute Gasteiger partial charge is 0.253 e. The highest BCUT2D eigenvalue weighted by molar-refractivity contribution is 6.15. The molecule has 0 unspecified atom stereocenters. The second-order valence-electron chi connectivity index (χ2n) is 8.73. The third-order valence-electron chi connectivity index (χ3n) is 6.26. The SMILES string of the molecule is CCOc1cc2c(cc1OCC)[C@H]1CN(C)CC[C@H]1N=C2c1ccc(C(=O)N(C)C)cc1. The molecule has 2 aliphatic rings. The Morgan fingerprint density at radius 3 is 2.38 bits per heavy atom. The van der Waals surface area contributed by atoms with Crippen LogP contribution in [0, 0.1) is 0 Å². The second-order valence-corrected chi connectivity index (χ2v) is 8.73. The molecule has 4 rings (SSSR count). The Bertz CT molecular complexity index is 1010. The van der Waals surface area contributed by atoms with Crippen LogP contribution in [0.5, 0.6) is 11.5 Å². The van der Waals surface area contributed by atoms with Crippen molar-refractivity contribution < 1.29 is 14.3 Å². The minimum absolute atomic E-state index is 0.00194. The lowest BCUT2D eigenvalue weighted by Gasteiger charge is -2.39. The topological polar surface area (TPSA) is 54.4 Å². The van der Waals surface area contributed by atoms with Gasteiger partial charge in [0, 0.05) is 43.2 Å². The second kappa shape index (κ2) is 9.33. The van der Waals surface area contributed by atoms with Gasteiger partial charge in [0.25, 0.3) is 5.91 Å². The largest absolute Gasteiger partial charge is 0.490 e. The number of amides is 1. The Kier molecular flexibility index (Phi) is 6.51. The molecule has 2 aliphatic heterocycles. The molecule has 170 valence electrons. The van der Waals surface area contributed by atoms with E-state index in [9.17, 15) is 4.79 Å². The van der Waals surface area contributed by atoms with E-state index in [-0.39, 0.29) is 11.9 Å². The van der Waals surface area contributed by atoms with E-state index >= 15 is 0 Å². The average molecular weight is 436 g/mol. The van der Waals surface area contributed by atoms with Gasteiger partial charge in [-0.2, -0.15) is 0 Å². The summed E-state index contributed by atoms with van der Waals surface area (Å²) in [5.74, 6) is 1.88. The first-order valence-electron chi connectivity index (χ1n) is 11.4. The van der Waals surface area contributed by atoms with Crippen molar-refractivity contribution in [3.05, 3.63) is 58.7 Å². The molecule has 0 saturated carbocycles. The summed E-state index contributed by atoms with van der Waals surface area (Å²) in [6.07, 6.45) is 1.03. The number of fused-ring (bicyclic) bond motifs is 3. The lowest BCUT2D eigenvalue weighted by molar-refractivity contribution is 0.0827. The molecule has 1 saturated heterocycles. The Morgan fingerprint density at radius 2 is 1.75 bits per heavy atom. The minimum atomic E-state index is -0.00194. The fourth-order valence-electron chi connectivity index (χ4n) is 4.68. The summed E-state index contributed by atoms with van der Waals surface area (Å²) in [6.45, 7) is 7.16. The van der Waals surface area contributed by atoms with Crippen LogP contribution in [0.15, 0.2) is 41.4 Å². The Hall–Kier alpha value is -2.86. The Morgan fingerprint density at radius 1 is 1.09 bits per heavy atom. The van der Waals surface area contributed by atoms with Crippen molar-refractivity contribution in [2.45, 2.75) is 32.2 Å². The molecule has 0 aliphatic carbocycles. The van der Waals surface area contributed by atoms with Crippen molar-refractivity contribution in [2.24, 2.45) is 4.99 Å². The molecule has 32 heavy (non-hydrogen) atoms. The van der Waals surface area contributed by atoms with E-state index in [1.807, 2.05) is 38.1 Å². The van der Waals surface area contributed by atoms with Crippen molar-refractivity contribution in [1.82, 2.24) is 9.80 Å². The molecule has 2 aromatic carbocycles. The summed E-state index contributed by atoms with van der Waals surface area (Å²) in [4.78, 5) is 21.5. The number of carbonyl (C=O) groups is 1. The third-order valence-corrected chi connectivity index (χ3v) is 6.26. The number of nitrogens with zero attached hydrogens (tertiary/aromatic N) is 3. The summed E-state index contributed by atoms with van der Waals surface area (Å²) in [6, 6.07) is 12.3. The molecule has 0 spiro atoms. The van der Waals surface area contributed by atoms with Crippen molar-refractivity contribution in [3.63, 3.8) is 0 Å². The first kappa shape index (κ1) is 22.3. The van der Waals surface area contributed by atoms with Gasteiger partial charge >= 0.3 is 0 Å². The van der Waals surface area contributed by atoms with Crippen LogP contribution < -0.4 is 9.47 Å². The van der Waals surface area contributed by atoms with Crippen LogP contribution in [-0.2, 0) is 0 Å². The first-order chi connectivity index (χ1) is 15.4. The molecule has 2 aromatic rings. The number of hydrogen-bond acceptors (Lipinski definition) is 5. The average Bonchev–Trinajstić information content (AvgIpc) is 2.79. The van der Waals surface area contributed by atoms with Gasteiger partial charge in [-0.3, -0.25) is 9.79 Å². The molecule has 2 heterocycles. The van der Waals surface area contributed by atoms with E-state index in [0.717, 1.165) is 47.8 Å². The highest BCUT2D eigenvalue weighted by Crippen LogP contribution is 2.42. The predicted octanol–water partition coefficient (Wildman–Crippen LogP) is 3.82. The molecule has 0 aromatic heterocycles. The Balaban J connectivity index is 1.81. The zero-order valence-electron chi connectivity index (χ0n) is 19.7. The van der Waals surface area contributed by atoms with Crippen LogP contribution in [0.2, 0.25) is 0 Å². The van der Waals surface area contributed by atoms with Crippen LogP contribution in [0.3, 0.4) is 0 Å². The molecular weight excluding hydrogens is 402 g/mol. The number of rotatable bonds is 6. The van der Waals surface area contributed by atoms with E-state index < -0.39 is 0 Å². The van der Waals surface area contributed by atoms with E-state index in [2.05, 4.69) is 24.1 Å². The Labute approximate surface area is 190 Å². The molecule has 6 nitrogen and oxygen atoms in total. The van der Waals surface area contributed by atoms with Gasteiger partial charge in [-0.05, 0) is 63.7 Å². The van der Waals surface area contributed by atoms with Gasteiger partial charge in [-0.25, -0.2) is 0 Å². The van der Waals surface area contributed by atoms with Crippen molar-refractivity contribution in [1.29, 1.82) is 0 Å². The predicted molar refractivity (Wildman–Crippen MR) is 128 cm³/mol. The highest BCUT2D eigenvalue weighted by atomic mass is 16.5. The maximum atomic E-state index is 12.3. The lowest BCUT2D eigenvalue weighted by atomic mass is 9.79. The molecule has 1 amide bonds. The van der Waals surface area contributed by atoms with E-state index in [1.165, 1.54) is 5.56 Å². The maximum Gasteiger partial charge on any atom is 0.253 e. The summed E-state index contributed by atoms with van der Waals surface area (Å²) in [5.41, 5.74) is 5.03. The lowest BCUT2D eigenvalue weighted by Crippen LogP contribution is -2.41. The fourth-order valence-corrected chi connectivity index (χ4v) is 4.68. The van der Waals surface area contributed by atoms with Gasteiger partial charge in [-0.15, -0.1) is 0 Å². The molecular formula is C26H33N3O3. The molecule has 6 heteroatoms. The number of likely N-dealkylation sites (N-methyl/N-ethyl adjacent to an activating group) is 1. The van der Waals surface area contributed by atoms with Gasteiger partial charge in [0.15, 0.2) is 11.5 Å². The van der Waals surface area contributed by atoms with Gasteiger partial charge < -0.3 is 19.3 Å². The van der Waals surface area contributed by atoms with Crippen LogP contribution in [-0.4, -0.2) is 74.9 Å². The van der Waals surface area contributed by atoms with Crippen molar-refractivity contribution >= 4 is 11.6 Å². The van der Waals surface area contributed by atoms with Gasteiger partial charge in [-0.1, -0.05) is 12.1 Å². The van der Waals surface area contributed by atoms with Gasteiger partial charge in [0.1, 0.15) is 0 Å². The first-order valence-corrected chi connectivity index (χ1v) is 11.4. The third kappa shape index (κ3) is 4.24. The minimum Gasteiger partial charge on any atom is -0.490 e. The molecule has 2 atom stereocenters. The summed E-state index contributed by atoms with van der Waals surface area (Å²) >= 11 is 0. The molecule has 0 bridgehead atoms. The highest BCUT2D eigenvalue weighted by Gasteiger charge is 2.36. The zero-order valence-corrected chi connectivity index (χ0v) is 19.7. The number of benzene rings is 2. The number of ether oxygens (including phenoxy) is 2. The van der Waals surface area contributed by atoms with Crippen molar-refractivity contribution in [3.8, 4) is 11.5 Å². The monoisotopic (exact) mass is 435 g/mol. The number of carbonyl (C=O) groups excluding carboxylic acids is 1. The van der Waals surface area contributed by atoms with Gasteiger partial charge in [0.2, 0.25) is 0 Å². The standard InChI is InChI=1S/C26H33N3O3/c1-6-31-23-14-19-20(15-24(23)32-7-2)25(27-22-12-13-29(5)16-21(19)22)17-8-10-18(11-9-17)26(30)28(3)4/h8-11,14-15,21-22H,6-7,12-13,16H2,1-5H3/t21-,22-/m1/s1. The van der Waals surface area contributed by atoms with E-state index in [4.69, 9.17) is 14.5 Å². The normalized spacial score (nSPS) is 20.1. The summed E-state index contributed by atoms with van der Waals surface area (Å²) in [7, 11) is 5.71. The van der Waals surface area contributed by atoms with Crippen LogP contribution in [0.1, 0.15) is 53.2 Å². The number of hydrogen-bond donors (Lipinski definition) is 0. The van der Waals surface area contributed by atoms with E-state index in [1.54, 1.807) is 19.0 Å². The van der Waals surface area contributed by atoms with E-state index in [0.29, 0.717) is 24.7 Å². The number of likely N-dealkylation sites (tertiary alicyclic amines) is 1. The molecule has 0 radical (unpaired) electrons. The summed E-state index contributed by atoms with van der Waals surface area (Å²) < 4.78 is 11.9. The van der Waals surface area contributed by atoms with Crippen LogP contribution >= 0.6 is 0 Å². The quantitative estimate of drug-likeness (QED) is 0.692. The molecule has 0 N–H and O–H groups in total. The van der Waals surface area contributed by atoms with Gasteiger partial charge in [0.05, 0.1) is 25.0 Å². The number of piperidine rings is 1. The maximum absolute atomic E-state index is 12.3. The fraction of sp³-hybridized carbons (Fsp3) is 0.462. The zero-order chi connectivity index (χ0) is 22.8. The van der Waals surface area contributed by atoms with Crippen LogP contribution in [0.4, 0.5) is 0 Å². The van der Waals surface area contributed by atoms with Crippen molar-refractivity contribution in [2.75, 3.05) is 47.4 Å².